The number of para-hydroxylation sites is 1. The molecule has 0 aliphatic carbocycles. The van der Waals surface area contributed by atoms with Crippen molar-refractivity contribution in [3.05, 3.63) is 65.2 Å². The van der Waals surface area contributed by atoms with E-state index in [0.29, 0.717) is 13.1 Å². The van der Waals surface area contributed by atoms with E-state index < -0.39 is 6.04 Å². The lowest BCUT2D eigenvalue weighted by Gasteiger charge is -2.26. The lowest BCUT2D eigenvalue weighted by molar-refractivity contribution is -0.129. The minimum Gasteiger partial charge on any atom is -0.325 e. The molecule has 0 unspecified atom stereocenters. The van der Waals surface area contributed by atoms with Crippen molar-refractivity contribution in [2.45, 2.75) is 31.3 Å². The number of aromatic nitrogens is 1. The minimum absolute atomic E-state index is 0.145. The normalized spacial score (nSPS) is 22.6. The van der Waals surface area contributed by atoms with Crippen LogP contribution in [0.2, 0.25) is 0 Å². The molecule has 0 spiro atoms. The molecule has 2 saturated heterocycles. The molecule has 7 heteroatoms. The smallest absolute Gasteiger partial charge is 0.325 e. The second kappa shape index (κ2) is 7.57. The largest absolute Gasteiger partial charge is 0.325 e. The fraction of sp³-hybridized carbons (Fsp3) is 0.318. The zero-order chi connectivity index (χ0) is 19.8. The number of rotatable bonds is 5. The van der Waals surface area contributed by atoms with Gasteiger partial charge in [0.2, 0.25) is 0 Å². The van der Waals surface area contributed by atoms with Gasteiger partial charge in [0.1, 0.15) is 11.0 Å². The van der Waals surface area contributed by atoms with Gasteiger partial charge in [-0.15, -0.1) is 11.3 Å². The van der Waals surface area contributed by atoms with E-state index >= 15 is 0 Å². The molecular formula is C22H22N4O2S. The summed E-state index contributed by atoms with van der Waals surface area (Å²) in [5.74, 6) is -0.145. The van der Waals surface area contributed by atoms with Crippen LogP contribution in [0.4, 0.5) is 4.79 Å². The Kier molecular flexibility index (Phi) is 4.77. The summed E-state index contributed by atoms with van der Waals surface area (Å²) in [6.07, 6.45) is 2.55. The van der Waals surface area contributed by atoms with Crippen molar-refractivity contribution < 1.29 is 9.59 Å². The van der Waals surface area contributed by atoms with Gasteiger partial charge in [-0.3, -0.25) is 9.69 Å². The topological polar surface area (TPSA) is 65.5 Å². The second-order valence-corrected chi connectivity index (χ2v) is 8.65. The highest BCUT2D eigenvalue weighted by Gasteiger charge is 2.40. The number of benzene rings is 2. The van der Waals surface area contributed by atoms with E-state index in [9.17, 15) is 9.59 Å². The lowest BCUT2D eigenvalue weighted by atomic mass is 10.1. The Balaban J connectivity index is 1.31. The molecule has 2 aliphatic heterocycles. The third-order valence-electron chi connectivity index (χ3n) is 5.67. The molecule has 3 heterocycles. The van der Waals surface area contributed by atoms with E-state index in [0.717, 1.165) is 35.5 Å². The van der Waals surface area contributed by atoms with Crippen molar-refractivity contribution in [2.75, 3.05) is 13.2 Å². The summed E-state index contributed by atoms with van der Waals surface area (Å²) in [5.41, 5.74) is 2.05. The molecule has 29 heavy (non-hydrogen) atoms. The maximum atomic E-state index is 12.9. The molecule has 2 aromatic carbocycles. The third-order valence-corrected chi connectivity index (χ3v) is 6.81. The van der Waals surface area contributed by atoms with Crippen LogP contribution in [-0.2, 0) is 11.2 Å². The summed E-state index contributed by atoms with van der Waals surface area (Å²) in [7, 11) is 0. The molecule has 6 nitrogen and oxygen atoms in total. The summed E-state index contributed by atoms with van der Waals surface area (Å²) < 4.78 is 1.17. The first-order valence-electron chi connectivity index (χ1n) is 9.94. The number of nitrogens with one attached hydrogen (secondary N) is 1. The highest BCUT2D eigenvalue weighted by molar-refractivity contribution is 7.18. The maximum Gasteiger partial charge on any atom is 0.325 e. The van der Waals surface area contributed by atoms with Gasteiger partial charge in [-0.1, -0.05) is 42.5 Å². The molecule has 148 valence electrons. The molecular weight excluding hydrogens is 384 g/mol. The molecule has 2 fully saturated rings. The average molecular weight is 407 g/mol. The summed E-state index contributed by atoms with van der Waals surface area (Å²) >= 11 is 1.70. The van der Waals surface area contributed by atoms with Crippen LogP contribution in [0.25, 0.3) is 10.2 Å². The summed E-state index contributed by atoms with van der Waals surface area (Å²) in [6.45, 7) is 1.18. The maximum absolute atomic E-state index is 12.9. The number of likely N-dealkylation sites (tertiary alicyclic amines) is 1. The number of thiazole rings is 1. The molecule has 1 N–H and O–H groups in total. The first-order valence-corrected chi connectivity index (χ1v) is 10.8. The van der Waals surface area contributed by atoms with Crippen LogP contribution in [0.3, 0.4) is 0 Å². The Hall–Kier alpha value is -2.77. The van der Waals surface area contributed by atoms with Gasteiger partial charge in [0.25, 0.3) is 5.91 Å². The number of hydrogen-bond donors (Lipinski definition) is 1. The lowest BCUT2D eigenvalue weighted by Crippen LogP contribution is -2.41. The van der Waals surface area contributed by atoms with Gasteiger partial charge in [0.15, 0.2) is 0 Å². The number of carbonyl (C=O) groups is 2. The van der Waals surface area contributed by atoms with Crippen LogP contribution in [-0.4, -0.2) is 46.0 Å². The minimum atomic E-state index is -0.492. The van der Waals surface area contributed by atoms with E-state index in [1.165, 1.54) is 9.60 Å². The number of urea groups is 1. The van der Waals surface area contributed by atoms with E-state index in [1.807, 2.05) is 48.5 Å². The molecule has 0 radical (unpaired) electrons. The molecule has 3 aromatic rings. The Morgan fingerprint density at radius 2 is 1.86 bits per heavy atom. The van der Waals surface area contributed by atoms with Crippen LogP contribution in [0.15, 0.2) is 54.6 Å². The summed E-state index contributed by atoms with van der Waals surface area (Å²) in [6, 6.07) is 17.3. The quantitative estimate of drug-likeness (QED) is 0.658. The number of hydrogen-bond acceptors (Lipinski definition) is 5. The Bertz CT molecular complexity index is 1020. The Labute approximate surface area is 173 Å². The van der Waals surface area contributed by atoms with Gasteiger partial charge in [-0.05, 0) is 30.5 Å². The summed E-state index contributed by atoms with van der Waals surface area (Å²) in [5, 5.41) is 3.92. The van der Waals surface area contributed by atoms with Crippen LogP contribution < -0.4 is 5.32 Å². The number of amides is 3. The zero-order valence-electron chi connectivity index (χ0n) is 16.0. The van der Waals surface area contributed by atoms with Gasteiger partial charge in [-0.2, -0.15) is 0 Å². The van der Waals surface area contributed by atoms with E-state index in [1.54, 1.807) is 11.3 Å². The van der Waals surface area contributed by atoms with Crippen molar-refractivity contribution in [1.29, 1.82) is 0 Å². The van der Waals surface area contributed by atoms with E-state index in [2.05, 4.69) is 16.3 Å². The van der Waals surface area contributed by atoms with Gasteiger partial charge < -0.3 is 5.32 Å². The predicted molar refractivity (Wildman–Crippen MR) is 112 cm³/mol. The number of fused-ring (bicyclic) bond motifs is 1. The fourth-order valence-electron chi connectivity index (χ4n) is 4.19. The molecule has 0 bridgehead atoms. The van der Waals surface area contributed by atoms with E-state index in [4.69, 9.17) is 4.98 Å². The standard InChI is InChI=1S/C22H22N4O2S/c27-21-17(13-15-7-2-1-3-8-15)24-22(28)26(21)14-25-12-6-10-18(25)20-23-16-9-4-5-11-19(16)29-20/h1-5,7-9,11,17-18H,6,10,12-14H2,(H,24,28)/t17-,18-/m1/s1. The second-order valence-electron chi connectivity index (χ2n) is 7.59. The van der Waals surface area contributed by atoms with Crippen molar-refractivity contribution in [3.8, 4) is 0 Å². The average Bonchev–Trinajstić information content (AvgIpc) is 3.43. The third kappa shape index (κ3) is 3.52. The number of imide groups is 1. The molecule has 5 rings (SSSR count). The SMILES string of the molecule is O=C1N[C@H](Cc2ccccc2)C(=O)N1CN1CCC[C@@H]1c1nc2ccccc2s1. The Morgan fingerprint density at radius 3 is 2.69 bits per heavy atom. The van der Waals surface area contributed by atoms with Crippen LogP contribution in [0, 0.1) is 0 Å². The Morgan fingerprint density at radius 1 is 1.07 bits per heavy atom. The number of carbonyl (C=O) groups excluding carboxylic acids is 2. The van der Waals surface area contributed by atoms with Crippen molar-refractivity contribution in [3.63, 3.8) is 0 Å². The van der Waals surface area contributed by atoms with Crippen molar-refractivity contribution in [1.82, 2.24) is 20.1 Å². The first kappa shape index (κ1) is 18.3. The predicted octanol–water partition coefficient (Wildman–Crippen LogP) is 3.55. The first-order chi connectivity index (χ1) is 14.2. The van der Waals surface area contributed by atoms with Crippen LogP contribution in [0.5, 0.6) is 0 Å². The van der Waals surface area contributed by atoms with E-state index in [-0.39, 0.29) is 18.0 Å². The van der Waals surface area contributed by atoms with Crippen LogP contribution >= 0.6 is 11.3 Å². The van der Waals surface area contributed by atoms with Crippen molar-refractivity contribution >= 4 is 33.5 Å². The van der Waals surface area contributed by atoms with Gasteiger partial charge >= 0.3 is 6.03 Å². The molecule has 3 amide bonds. The molecule has 0 saturated carbocycles. The van der Waals surface area contributed by atoms with Gasteiger partial charge in [-0.25, -0.2) is 14.7 Å². The molecule has 2 atom stereocenters. The monoisotopic (exact) mass is 406 g/mol. The van der Waals surface area contributed by atoms with Gasteiger partial charge in [0.05, 0.1) is 22.9 Å². The van der Waals surface area contributed by atoms with Crippen molar-refractivity contribution in [2.24, 2.45) is 0 Å². The highest BCUT2D eigenvalue weighted by atomic mass is 32.1. The molecule has 2 aliphatic rings. The highest BCUT2D eigenvalue weighted by Crippen LogP contribution is 2.36. The number of nitrogens with zero attached hydrogens (tertiary/aromatic N) is 3. The van der Waals surface area contributed by atoms with Crippen LogP contribution in [0.1, 0.15) is 29.5 Å². The summed E-state index contributed by atoms with van der Waals surface area (Å²) in [4.78, 5) is 33.8. The van der Waals surface area contributed by atoms with Gasteiger partial charge in [0, 0.05) is 13.0 Å². The fourth-order valence-corrected chi connectivity index (χ4v) is 5.33. The molecule has 1 aromatic heterocycles. The zero-order valence-corrected chi connectivity index (χ0v) is 16.8.